The van der Waals surface area contributed by atoms with Gasteiger partial charge in [0, 0.05) is 60.8 Å². The van der Waals surface area contributed by atoms with Crippen LogP contribution in [0.15, 0.2) is 60.4 Å². The van der Waals surface area contributed by atoms with E-state index in [4.69, 9.17) is 0 Å². The van der Waals surface area contributed by atoms with E-state index in [9.17, 15) is 14.4 Å². The zero-order chi connectivity index (χ0) is 22.9. The minimum atomic E-state index is -0.611. The van der Waals surface area contributed by atoms with Gasteiger partial charge in [0.1, 0.15) is 5.01 Å². The molecule has 5 rings (SSSR count). The molecule has 2 amide bonds. The fourth-order valence-corrected chi connectivity index (χ4v) is 4.85. The van der Waals surface area contributed by atoms with Gasteiger partial charge in [-0.1, -0.05) is 18.2 Å². The molecule has 8 nitrogen and oxygen atoms in total. The van der Waals surface area contributed by atoms with Crippen molar-refractivity contribution >= 4 is 40.0 Å². The predicted octanol–water partition coefficient (Wildman–Crippen LogP) is 3.24. The Labute approximate surface area is 193 Å². The largest absolute Gasteiger partial charge is 0.359 e. The minimum Gasteiger partial charge on any atom is -0.359 e. The first kappa shape index (κ1) is 21.0. The van der Waals surface area contributed by atoms with E-state index in [0.717, 1.165) is 10.6 Å². The summed E-state index contributed by atoms with van der Waals surface area (Å²) in [6.07, 6.45) is 4.87. The summed E-state index contributed by atoms with van der Waals surface area (Å²) in [4.78, 5) is 54.0. The van der Waals surface area contributed by atoms with Crippen LogP contribution in [0.4, 0.5) is 0 Å². The fourth-order valence-electron chi connectivity index (χ4n) is 4.18. The number of carbonyl (C=O) groups excluding carboxylic acids is 3. The highest BCUT2D eigenvalue weighted by Crippen LogP contribution is 2.30. The molecule has 1 N–H and O–H groups in total. The second-order valence-electron chi connectivity index (χ2n) is 7.92. The van der Waals surface area contributed by atoms with Gasteiger partial charge in [-0.2, -0.15) is 0 Å². The summed E-state index contributed by atoms with van der Waals surface area (Å²) in [6.45, 7) is 2.85. The van der Waals surface area contributed by atoms with Crippen molar-refractivity contribution in [1.29, 1.82) is 0 Å². The number of Topliss-reactive ketones (excluding diaryl/α,β-unsaturated/α-hetero) is 1. The van der Waals surface area contributed by atoms with Gasteiger partial charge in [-0.05, 0) is 25.1 Å². The number of carbonyl (C=O) groups is 3. The Morgan fingerprint density at radius 2 is 1.88 bits per heavy atom. The van der Waals surface area contributed by atoms with Crippen LogP contribution in [-0.4, -0.2) is 68.0 Å². The summed E-state index contributed by atoms with van der Waals surface area (Å²) in [7, 11) is 0. The average Bonchev–Trinajstić information content (AvgIpc) is 3.53. The lowest BCUT2D eigenvalue weighted by atomic mass is 10.1. The van der Waals surface area contributed by atoms with Crippen LogP contribution in [0.25, 0.3) is 21.6 Å². The van der Waals surface area contributed by atoms with Crippen LogP contribution in [0.5, 0.6) is 0 Å². The predicted molar refractivity (Wildman–Crippen MR) is 125 cm³/mol. The van der Waals surface area contributed by atoms with E-state index in [0.29, 0.717) is 36.2 Å². The van der Waals surface area contributed by atoms with Crippen molar-refractivity contribution in [1.82, 2.24) is 24.8 Å². The number of hydrogen-bond donors (Lipinski definition) is 1. The molecule has 0 spiro atoms. The number of aromatic nitrogens is 3. The van der Waals surface area contributed by atoms with Crippen molar-refractivity contribution in [3.8, 4) is 10.6 Å². The number of amides is 2. The fraction of sp³-hybridized carbons (Fsp3) is 0.208. The number of hydrogen-bond acceptors (Lipinski definition) is 6. The van der Waals surface area contributed by atoms with E-state index >= 15 is 0 Å². The van der Waals surface area contributed by atoms with Crippen LogP contribution in [0.3, 0.4) is 0 Å². The van der Waals surface area contributed by atoms with Crippen LogP contribution < -0.4 is 0 Å². The highest BCUT2D eigenvalue weighted by molar-refractivity contribution is 7.13. The Balaban J connectivity index is 1.34. The summed E-state index contributed by atoms with van der Waals surface area (Å²) < 4.78 is 0. The van der Waals surface area contributed by atoms with Crippen molar-refractivity contribution in [3.63, 3.8) is 0 Å². The van der Waals surface area contributed by atoms with E-state index in [2.05, 4.69) is 15.0 Å². The highest BCUT2D eigenvalue weighted by Gasteiger charge is 2.34. The molecule has 1 aromatic carbocycles. The molecule has 0 aliphatic carbocycles. The van der Waals surface area contributed by atoms with E-state index in [1.54, 1.807) is 29.4 Å². The Kier molecular flexibility index (Phi) is 5.47. The van der Waals surface area contributed by atoms with Crippen LogP contribution in [0, 0.1) is 0 Å². The zero-order valence-corrected chi connectivity index (χ0v) is 18.7. The van der Waals surface area contributed by atoms with Gasteiger partial charge >= 0.3 is 0 Å². The molecule has 4 aromatic rings. The molecule has 33 heavy (non-hydrogen) atoms. The lowest BCUT2D eigenvalue weighted by Crippen LogP contribution is -2.56. The van der Waals surface area contributed by atoms with Gasteiger partial charge in [-0.25, -0.2) is 4.98 Å². The highest BCUT2D eigenvalue weighted by atomic mass is 32.1. The summed E-state index contributed by atoms with van der Waals surface area (Å²) in [5, 5.41) is 2.69. The van der Waals surface area contributed by atoms with Crippen molar-refractivity contribution in [2.24, 2.45) is 0 Å². The van der Waals surface area contributed by atoms with E-state index in [1.165, 1.54) is 22.4 Å². The maximum atomic E-state index is 13.1. The molecular formula is C24H21N5O3S. The van der Waals surface area contributed by atoms with Gasteiger partial charge < -0.3 is 14.8 Å². The first-order valence-corrected chi connectivity index (χ1v) is 11.5. The molecule has 4 heterocycles. The molecule has 0 bridgehead atoms. The number of aromatic amines is 1. The van der Waals surface area contributed by atoms with Crippen molar-refractivity contribution in [3.05, 3.63) is 71.5 Å². The van der Waals surface area contributed by atoms with Crippen LogP contribution in [-0.2, 0) is 4.79 Å². The third-order valence-electron chi connectivity index (χ3n) is 5.86. The van der Waals surface area contributed by atoms with Crippen LogP contribution >= 0.6 is 11.3 Å². The Morgan fingerprint density at radius 1 is 1.06 bits per heavy atom. The van der Waals surface area contributed by atoms with Gasteiger partial charge in [0.05, 0.1) is 16.6 Å². The number of H-pyrrole nitrogens is 1. The molecule has 166 valence electrons. The van der Waals surface area contributed by atoms with Gasteiger partial charge in [0.25, 0.3) is 17.6 Å². The number of fused-ring (bicyclic) bond motifs is 1. The topological polar surface area (TPSA) is 99.3 Å². The Hall–Kier alpha value is -3.85. The van der Waals surface area contributed by atoms with Crippen LogP contribution in [0.1, 0.15) is 27.6 Å². The molecule has 1 fully saturated rings. The summed E-state index contributed by atoms with van der Waals surface area (Å²) in [5.74, 6) is -1.27. The third kappa shape index (κ3) is 3.80. The number of nitrogens with zero attached hydrogens (tertiary/aromatic N) is 4. The number of piperazine rings is 1. The second kappa shape index (κ2) is 8.59. The lowest BCUT2D eigenvalue weighted by Gasteiger charge is -2.39. The van der Waals surface area contributed by atoms with Crippen molar-refractivity contribution < 1.29 is 14.4 Å². The molecule has 1 aliphatic rings. The maximum Gasteiger partial charge on any atom is 0.295 e. The van der Waals surface area contributed by atoms with Gasteiger partial charge in [-0.3, -0.25) is 19.4 Å². The molecule has 1 saturated heterocycles. The standard InChI is InChI=1S/C24H21N5O3S/c1-15-14-28(10-11-29(15)23(31)16-5-3-2-4-6-16)24(32)21(30)18-13-27-19-17(7-8-25-20(18)19)22-26-9-12-33-22/h2-9,12-13,15,27H,10-11,14H2,1H3/t15-/m0/s1. The first-order valence-electron chi connectivity index (χ1n) is 10.6. The molecule has 0 unspecified atom stereocenters. The second-order valence-corrected chi connectivity index (χ2v) is 8.81. The molecule has 1 atom stereocenters. The number of pyridine rings is 1. The maximum absolute atomic E-state index is 13.1. The molecule has 3 aromatic heterocycles. The van der Waals surface area contributed by atoms with E-state index in [-0.39, 0.29) is 17.5 Å². The Morgan fingerprint density at radius 3 is 2.61 bits per heavy atom. The van der Waals surface area contributed by atoms with Crippen molar-refractivity contribution in [2.75, 3.05) is 19.6 Å². The molecule has 1 aliphatic heterocycles. The third-order valence-corrected chi connectivity index (χ3v) is 6.67. The summed E-state index contributed by atoms with van der Waals surface area (Å²) in [6, 6.07) is 10.7. The number of ketones is 1. The van der Waals surface area contributed by atoms with Crippen LogP contribution in [0.2, 0.25) is 0 Å². The number of rotatable bonds is 4. The van der Waals surface area contributed by atoms with E-state index < -0.39 is 11.7 Å². The molecule has 0 saturated carbocycles. The van der Waals surface area contributed by atoms with Gasteiger partial charge in [0.15, 0.2) is 0 Å². The number of nitrogens with one attached hydrogen (secondary N) is 1. The monoisotopic (exact) mass is 459 g/mol. The normalized spacial score (nSPS) is 16.2. The first-order chi connectivity index (χ1) is 16.0. The van der Waals surface area contributed by atoms with Gasteiger partial charge in [-0.15, -0.1) is 11.3 Å². The van der Waals surface area contributed by atoms with E-state index in [1.807, 2.05) is 36.6 Å². The Bertz CT molecular complexity index is 1330. The SMILES string of the molecule is C[C@H]1CN(C(=O)C(=O)c2c[nH]c3c(-c4nccs4)ccnc23)CCN1C(=O)c1ccccc1. The molecular weight excluding hydrogens is 438 g/mol. The lowest BCUT2D eigenvalue weighted by molar-refractivity contribution is -0.128. The smallest absolute Gasteiger partial charge is 0.295 e. The summed E-state index contributed by atoms with van der Waals surface area (Å²) >= 11 is 1.49. The van der Waals surface area contributed by atoms with Gasteiger partial charge in [0.2, 0.25) is 0 Å². The quantitative estimate of drug-likeness (QED) is 0.373. The number of thiazole rings is 1. The van der Waals surface area contributed by atoms with Crippen molar-refractivity contribution in [2.45, 2.75) is 13.0 Å². The molecule has 9 heteroatoms. The number of benzene rings is 1. The average molecular weight is 460 g/mol. The minimum absolute atomic E-state index is 0.0722. The zero-order valence-electron chi connectivity index (χ0n) is 17.9. The molecule has 0 radical (unpaired) electrons. The summed E-state index contributed by atoms with van der Waals surface area (Å²) in [5.41, 5.74) is 2.82.